The smallest absolute Gasteiger partial charge is 0.410 e. The van der Waals surface area contributed by atoms with E-state index in [1.807, 2.05) is 41.5 Å². The van der Waals surface area contributed by atoms with Gasteiger partial charge in [0.25, 0.3) is 0 Å². The fourth-order valence-corrected chi connectivity index (χ4v) is 1.75. The lowest BCUT2D eigenvalue weighted by Gasteiger charge is -2.26. The molecule has 0 aromatic rings. The number of hydrogen-bond donors (Lipinski definition) is 0. The number of nitrogens with zero attached hydrogens (tertiary/aromatic N) is 2. The van der Waals surface area contributed by atoms with Crippen LogP contribution in [0.25, 0.3) is 0 Å². The largest absolute Gasteiger partial charge is 0.444 e. The lowest BCUT2D eigenvalue weighted by Crippen LogP contribution is -2.40. The molecule has 0 aliphatic carbocycles. The average Bonchev–Trinajstić information content (AvgIpc) is 2.51. The molecule has 0 radical (unpaired) electrons. The Kier molecular flexibility index (Phi) is 11.5. The van der Waals surface area contributed by atoms with Gasteiger partial charge >= 0.3 is 6.09 Å². The number of carbonyl (C=O) groups is 2. The van der Waals surface area contributed by atoms with Crippen LogP contribution in [0.5, 0.6) is 0 Å². The molecule has 0 aromatic heterocycles. The van der Waals surface area contributed by atoms with Crippen LogP contribution in [0.1, 0.15) is 41.5 Å². The Morgan fingerprint density at radius 1 is 0.741 bits per heavy atom. The maximum Gasteiger partial charge on any atom is 0.410 e. The minimum Gasteiger partial charge on any atom is -0.444 e. The summed E-state index contributed by atoms with van der Waals surface area (Å²) in [5.74, 6) is -0.149. The van der Waals surface area contributed by atoms with Crippen molar-refractivity contribution in [1.29, 1.82) is 0 Å². The molecule has 0 aliphatic rings. The molecule has 0 aliphatic heterocycles. The molecule has 8 nitrogen and oxygen atoms in total. The van der Waals surface area contributed by atoms with Gasteiger partial charge in [0.05, 0.1) is 32.0 Å². The summed E-state index contributed by atoms with van der Waals surface area (Å²) >= 11 is 0. The van der Waals surface area contributed by atoms with Gasteiger partial charge in [-0.05, 0) is 41.5 Å². The van der Waals surface area contributed by atoms with Crippen LogP contribution in [-0.4, -0.2) is 93.2 Å². The molecule has 0 aromatic carbocycles. The van der Waals surface area contributed by atoms with Crippen LogP contribution in [-0.2, 0) is 23.7 Å². The van der Waals surface area contributed by atoms with Gasteiger partial charge in [-0.2, -0.15) is 0 Å². The van der Waals surface area contributed by atoms with Gasteiger partial charge in [-0.15, -0.1) is 0 Å². The number of ether oxygens (including phenoxy) is 4. The second kappa shape index (κ2) is 12.2. The summed E-state index contributed by atoms with van der Waals surface area (Å²) in [6, 6.07) is 0. The van der Waals surface area contributed by atoms with Crippen molar-refractivity contribution in [1.82, 2.24) is 9.80 Å². The first-order valence-electron chi connectivity index (χ1n) is 9.29. The molecule has 0 atom stereocenters. The molecule has 27 heavy (non-hydrogen) atoms. The molecule has 0 unspecified atom stereocenters. The van der Waals surface area contributed by atoms with Gasteiger partial charge in [0.2, 0.25) is 5.91 Å². The molecule has 160 valence electrons. The number of hydrogen-bond acceptors (Lipinski definition) is 6. The van der Waals surface area contributed by atoms with E-state index in [2.05, 4.69) is 0 Å². The second-order valence-corrected chi connectivity index (χ2v) is 8.34. The van der Waals surface area contributed by atoms with Gasteiger partial charge in [-0.3, -0.25) is 4.79 Å². The molecule has 0 spiro atoms. The minimum atomic E-state index is -0.540. The van der Waals surface area contributed by atoms with Crippen molar-refractivity contribution >= 4 is 12.0 Å². The van der Waals surface area contributed by atoms with Crippen molar-refractivity contribution in [2.24, 2.45) is 0 Å². The highest BCUT2D eigenvalue weighted by atomic mass is 16.6. The Balaban J connectivity index is 3.80. The Morgan fingerprint density at radius 2 is 1.26 bits per heavy atom. The van der Waals surface area contributed by atoms with Crippen molar-refractivity contribution < 1.29 is 28.5 Å². The predicted octanol–water partition coefficient (Wildman–Crippen LogP) is 2.16. The Hall–Kier alpha value is -1.38. The van der Waals surface area contributed by atoms with Gasteiger partial charge in [-0.1, -0.05) is 0 Å². The number of rotatable bonds is 11. The molecule has 0 bridgehead atoms. The van der Waals surface area contributed by atoms with Crippen molar-refractivity contribution in [3.8, 4) is 0 Å². The molecule has 0 heterocycles. The van der Waals surface area contributed by atoms with Crippen molar-refractivity contribution in [2.45, 2.75) is 52.7 Å². The number of carbonyl (C=O) groups excluding carboxylic acids is 2. The van der Waals surface area contributed by atoms with Gasteiger partial charge < -0.3 is 28.7 Å². The van der Waals surface area contributed by atoms with Gasteiger partial charge in [-0.25, -0.2) is 4.79 Å². The van der Waals surface area contributed by atoms with E-state index >= 15 is 0 Å². The monoisotopic (exact) mass is 390 g/mol. The maximum absolute atomic E-state index is 12.0. The average molecular weight is 391 g/mol. The lowest BCUT2D eigenvalue weighted by atomic mass is 10.2. The van der Waals surface area contributed by atoms with Gasteiger partial charge in [0.1, 0.15) is 12.2 Å². The molecular weight excluding hydrogens is 352 g/mol. The lowest BCUT2D eigenvalue weighted by molar-refractivity contribution is -0.135. The number of likely N-dealkylation sites (N-methyl/N-ethyl adjacent to an activating group) is 2. The third-order valence-corrected chi connectivity index (χ3v) is 3.26. The first-order chi connectivity index (χ1) is 12.3. The van der Waals surface area contributed by atoms with E-state index in [-0.39, 0.29) is 18.1 Å². The van der Waals surface area contributed by atoms with Crippen molar-refractivity contribution in [2.75, 3.05) is 60.2 Å². The van der Waals surface area contributed by atoms with E-state index in [1.165, 1.54) is 9.80 Å². The van der Waals surface area contributed by atoms with E-state index < -0.39 is 11.7 Å². The molecule has 0 saturated heterocycles. The van der Waals surface area contributed by atoms with Crippen LogP contribution in [0.4, 0.5) is 4.79 Å². The standard InChI is InChI=1S/C19H38N2O6/c1-18(2,3)26-14-13-24-11-12-25-15-16(22)20(7)9-10-21(8)17(23)27-19(4,5)6/h9-15H2,1-8H3. The number of amides is 2. The molecule has 0 rings (SSSR count). The molecule has 2 amide bonds. The van der Waals surface area contributed by atoms with E-state index in [1.54, 1.807) is 14.1 Å². The van der Waals surface area contributed by atoms with Gasteiger partial charge in [0, 0.05) is 27.2 Å². The summed E-state index contributed by atoms with van der Waals surface area (Å²) in [6.07, 6.45) is -0.410. The van der Waals surface area contributed by atoms with Crippen LogP contribution in [0, 0.1) is 0 Å². The topological polar surface area (TPSA) is 77.5 Å². The summed E-state index contributed by atoms with van der Waals surface area (Å²) in [6.45, 7) is 13.9. The van der Waals surface area contributed by atoms with Crippen LogP contribution < -0.4 is 0 Å². The van der Waals surface area contributed by atoms with Crippen LogP contribution in [0.15, 0.2) is 0 Å². The Morgan fingerprint density at radius 3 is 1.81 bits per heavy atom. The summed E-state index contributed by atoms with van der Waals surface area (Å²) in [5, 5.41) is 0. The van der Waals surface area contributed by atoms with E-state index in [4.69, 9.17) is 18.9 Å². The fourth-order valence-electron chi connectivity index (χ4n) is 1.75. The summed E-state index contributed by atoms with van der Waals surface area (Å²) in [4.78, 5) is 26.8. The van der Waals surface area contributed by atoms with Crippen LogP contribution >= 0.6 is 0 Å². The Bertz CT molecular complexity index is 442. The highest BCUT2D eigenvalue weighted by molar-refractivity contribution is 5.77. The quantitative estimate of drug-likeness (QED) is 0.503. The highest BCUT2D eigenvalue weighted by Crippen LogP contribution is 2.09. The second-order valence-electron chi connectivity index (χ2n) is 8.34. The summed E-state index contributed by atoms with van der Waals surface area (Å²) in [7, 11) is 3.32. The molecule has 0 fully saturated rings. The van der Waals surface area contributed by atoms with E-state index in [9.17, 15) is 9.59 Å². The minimum absolute atomic E-state index is 0.0193. The molecular formula is C19H38N2O6. The maximum atomic E-state index is 12.0. The van der Waals surface area contributed by atoms with Crippen molar-refractivity contribution in [3.63, 3.8) is 0 Å². The normalized spacial score (nSPS) is 12.0. The third-order valence-electron chi connectivity index (χ3n) is 3.26. The van der Waals surface area contributed by atoms with Crippen LogP contribution in [0.2, 0.25) is 0 Å². The zero-order valence-corrected chi connectivity index (χ0v) is 18.3. The molecule has 0 saturated carbocycles. The fraction of sp³-hybridized carbons (Fsp3) is 0.895. The third kappa shape index (κ3) is 15.4. The summed E-state index contributed by atoms with van der Waals surface area (Å²) in [5.41, 5.74) is -0.712. The highest BCUT2D eigenvalue weighted by Gasteiger charge is 2.20. The first-order valence-corrected chi connectivity index (χ1v) is 9.29. The predicted molar refractivity (Wildman–Crippen MR) is 104 cm³/mol. The van der Waals surface area contributed by atoms with Crippen molar-refractivity contribution in [3.05, 3.63) is 0 Å². The SMILES string of the molecule is CN(CCN(C)C(=O)OC(C)(C)C)C(=O)COCCOCCOC(C)(C)C. The van der Waals surface area contributed by atoms with Gasteiger partial charge in [0.15, 0.2) is 0 Å². The first kappa shape index (κ1) is 25.6. The zero-order valence-electron chi connectivity index (χ0n) is 18.3. The Labute approximate surface area is 164 Å². The van der Waals surface area contributed by atoms with E-state index in [0.717, 1.165) is 0 Å². The zero-order chi connectivity index (χ0) is 21.1. The van der Waals surface area contributed by atoms with E-state index in [0.29, 0.717) is 39.5 Å². The summed E-state index contributed by atoms with van der Waals surface area (Å²) < 4.78 is 21.5. The molecule has 8 heteroatoms. The molecule has 0 N–H and O–H groups in total. The van der Waals surface area contributed by atoms with Crippen LogP contribution in [0.3, 0.4) is 0 Å².